The monoisotopic (exact) mass is 329 g/mol. The van der Waals surface area contributed by atoms with Gasteiger partial charge in [0.25, 0.3) is 5.56 Å². The van der Waals surface area contributed by atoms with Gasteiger partial charge in [-0.3, -0.25) is 14.5 Å². The van der Waals surface area contributed by atoms with Gasteiger partial charge in [-0.2, -0.15) is 0 Å². The zero-order chi connectivity index (χ0) is 17.1. The molecular weight excluding hydrogens is 306 g/mol. The maximum Gasteiger partial charge on any atom is 0.252 e. The van der Waals surface area contributed by atoms with Crippen LogP contribution in [0.2, 0.25) is 0 Å². The van der Waals surface area contributed by atoms with Crippen molar-refractivity contribution in [2.45, 2.75) is 19.9 Å². The molecule has 0 aliphatic carbocycles. The third kappa shape index (κ3) is 3.43. The largest absolute Gasteiger partial charge is 0.497 e. The van der Waals surface area contributed by atoms with Gasteiger partial charge in [0.05, 0.1) is 7.11 Å². The fraction of sp³-hybridized carbons (Fsp3) is 0.444. The molecule has 1 aliphatic rings. The zero-order valence-corrected chi connectivity index (χ0v) is 14.2. The molecule has 2 heterocycles. The summed E-state index contributed by atoms with van der Waals surface area (Å²) in [5.41, 5.74) is 1.49. The summed E-state index contributed by atoms with van der Waals surface area (Å²) in [6.45, 7) is 5.52. The molecule has 0 unspecified atom stereocenters. The van der Waals surface area contributed by atoms with E-state index in [0.717, 1.165) is 48.4 Å². The number of hydrogen-bond donors (Lipinski definition) is 1. The molecule has 0 atom stereocenters. The van der Waals surface area contributed by atoms with Gasteiger partial charge < -0.3 is 14.6 Å². The molecule has 1 fully saturated rings. The van der Waals surface area contributed by atoms with Crippen molar-refractivity contribution < 1.29 is 9.53 Å². The van der Waals surface area contributed by atoms with Gasteiger partial charge in [-0.15, -0.1) is 0 Å². The number of fused-ring (bicyclic) bond motifs is 1. The Balaban J connectivity index is 1.74. The van der Waals surface area contributed by atoms with E-state index in [1.54, 1.807) is 7.11 Å². The first-order valence-electron chi connectivity index (χ1n) is 8.30. The number of aromatic amines is 1. The summed E-state index contributed by atoms with van der Waals surface area (Å²) in [6.07, 6.45) is 0.548. The molecule has 24 heavy (non-hydrogen) atoms. The van der Waals surface area contributed by atoms with Crippen molar-refractivity contribution in [2.75, 3.05) is 33.3 Å². The molecule has 0 saturated carbocycles. The molecular formula is C18H23N3O3. The molecule has 1 aromatic heterocycles. The number of rotatable bonds is 4. The molecule has 2 aromatic rings. The fourth-order valence-corrected chi connectivity index (χ4v) is 3.09. The van der Waals surface area contributed by atoms with Crippen LogP contribution in [0.25, 0.3) is 10.9 Å². The molecule has 1 aromatic carbocycles. The quantitative estimate of drug-likeness (QED) is 0.925. The summed E-state index contributed by atoms with van der Waals surface area (Å²) in [5.74, 6) is 0.970. The number of carbonyl (C=O) groups excluding carboxylic acids is 1. The lowest BCUT2D eigenvalue weighted by Crippen LogP contribution is -2.48. The summed E-state index contributed by atoms with van der Waals surface area (Å²) in [5, 5.41) is 0.962. The van der Waals surface area contributed by atoms with Crippen molar-refractivity contribution in [3.63, 3.8) is 0 Å². The van der Waals surface area contributed by atoms with Crippen molar-refractivity contribution in [3.8, 4) is 5.75 Å². The summed E-state index contributed by atoms with van der Waals surface area (Å²) >= 11 is 0. The molecule has 6 nitrogen and oxygen atoms in total. The van der Waals surface area contributed by atoms with E-state index in [1.165, 1.54) is 0 Å². The summed E-state index contributed by atoms with van der Waals surface area (Å²) in [7, 11) is 1.63. The number of piperazine rings is 1. The predicted molar refractivity (Wildman–Crippen MR) is 93.3 cm³/mol. The van der Waals surface area contributed by atoms with Crippen LogP contribution in [0.1, 0.15) is 18.9 Å². The molecule has 0 radical (unpaired) electrons. The number of methoxy groups -OCH3 is 1. The van der Waals surface area contributed by atoms with Crippen molar-refractivity contribution in [1.29, 1.82) is 0 Å². The number of amides is 1. The first-order chi connectivity index (χ1) is 11.6. The zero-order valence-electron chi connectivity index (χ0n) is 14.2. The Labute approximate surface area is 141 Å². The van der Waals surface area contributed by atoms with Gasteiger partial charge in [-0.25, -0.2) is 0 Å². The maximum atomic E-state index is 12.3. The number of nitrogens with one attached hydrogen (secondary N) is 1. The van der Waals surface area contributed by atoms with E-state index >= 15 is 0 Å². The standard InChI is InChI=1S/C18H23N3O3/c1-3-17(22)21-8-6-20(7-9-21)12-14-10-13-11-15(24-2)4-5-16(13)19-18(14)23/h4-5,10-11H,3,6-9,12H2,1-2H3,(H,19,23). The lowest BCUT2D eigenvalue weighted by molar-refractivity contribution is -0.132. The van der Waals surface area contributed by atoms with E-state index in [0.29, 0.717) is 13.0 Å². The number of hydrogen-bond acceptors (Lipinski definition) is 4. The third-order valence-corrected chi connectivity index (χ3v) is 4.55. The Morgan fingerprint density at radius 1 is 1.21 bits per heavy atom. The number of H-pyrrole nitrogens is 1. The highest BCUT2D eigenvalue weighted by Crippen LogP contribution is 2.19. The molecule has 0 spiro atoms. The SMILES string of the molecule is CCC(=O)N1CCN(Cc2cc3cc(OC)ccc3[nH]c2=O)CC1. The number of pyridine rings is 1. The van der Waals surface area contributed by atoms with Crippen molar-refractivity contribution in [3.05, 3.63) is 40.2 Å². The van der Waals surface area contributed by atoms with Gasteiger partial charge in [0.15, 0.2) is 0 Å². The lowest BCUT2D eigenvalue weighted by Gasteiger charge is -2.34. The number of benzene rings is 1. The average molecular weight is 329 g/mol. The van der Waals surface area contributed by atoms with Crippen LogP contribution in [0.5, 0.6) is 5.75 Å². The van der Waals surface area contributed by atoms with Crippen molar-refractivity contribution >= 4 is 16.8 Å². The second-order valence-electron chi connectivity index (χ2n) is 6.09. The highest BCUT2D eigenvalue weighted by atomic mass is 16.5. The smallest absolute Gasteiger partial charge is 0.252 e. The summed E-state index contributed by atoms with van der Waals surface area (Å²) in [4.78, 5) is 31.1. The van der Waals surface area contributed by atoms with Crippen LogP contribution in [0.4, 0.5) is 0 Å². The third-order valence-electron chi connectivity index (χ3n) is 4.55. The lowest BCUT2D eigenvalue weighted by atomic mass is 10.1. The van der Waals surface area contributed by atoms with E-state index in [2.05, 4.69) is 9.88 Å². The van der Waals surface area contributed by atoms with E-state index in [9.17, 15) is 9.59 Å². The van der Waals surface area contributed by atoms with Crippen LogP contribution in [-0.2, 0) is 11.3 Å². The minimum Gasteiger partial charge on any atom is -0.497 e. The molecule has 3 rings (SSSR count). The van der Waals surface area contributed by atoms with E-state index in [1.807, 2.05) is 36.1 Å². The Morgan fingerprint density at radius 2 is 1.96 bits per heavy atom. The number of ether oxygens (including phenoxy) is 1. The van der Waals surface area contributed by atoms with Crippen LogP contribution in [0.3, 0.4) is 0 Å². The van der Waals surface area contributed by atoms with Gasteiger partial charge >= 0.3 is 0 Å². The van der Waals surface area contributed by atoms with Gasteiger partial charge in [0.2, 0.25) is 5.91 Å². The van der Waals surface area contributed by atoms with Crippen molar-refractivity contribution in [2.24, 2.45) is 0 Å². The fourth-order valence-electron chi connectivity index (χ4n) is 3.09. The van der Waals surface area contributed by atoms with Gasteiger partial charge in [-0.1, -0.05) is 6.92 Å². The topological polar surface area (TPSA) is 65.6 Å². The first kappa shape index (κ1) is 16.5. The highest BCUT2D eigenvalue weighted by Gasteiger charge is 2.20. The Bertz CT molecular complexity index is 792. The van der Waals surface area contributed by atoms with Crippen LogP contribution < -0.4 is 10.3 Å². The second kappa shape index (κ2) is 7.05. The first-order valence-corrected chi connectivity index (χ1v) is 8.30. The predicted octanol–water partition coefficient (Wildman–Crippen LogP) is 1.59. The van der Waals surface area contributed by atoms with Crippen LogP contribution in [0, 0.1) is 0 Å². The summed E-state index contributed by atoms with van der Waals surface area (Å²) in [6, 6.07) is 7.54. The van der Waals surface area contributed by atoms with Crippen LogP contribution in [-0.4, -0.2) is 54.0 Å². The maximum absolute atomic E-state index is 12.3. The normalized spacial score (nSPS) is 15.7. The molecule has 1 aliphatic heterocycles. The highest BCUT2D eigenvalue weighted by molar-refractivity contribution is 5.80. The summed E-state index contributed by atoms with van der Waals surface area (Å²) < 4.78 is 5.25. The van der Waals surface area contributed by atoms with Gasteiger partial charge in [0.1, 0.15) is 5.75 Å². The number of carbonyl (C=O) groups is 1. The Morgan fingerprint density at radius 3 is 2.62 bits per heavy atom. The molecule has 1 amide bonds. The van der Waals surface area contributed by atoms with Crippen LogP contribution >= 0.6 is 0 Å². The van der Waals surface area contributed by atoms with Gasteiger partial charge in [-0.05, 0) is 24.3 Å². The second-order valence-corrected chi connectivity index (χ2v) is 6.09. The molecule has 1 saturated heterocycles. The van der Waals surface area contributed by atoms with Gasteiger partial charge in [0, 0.05) is 55.6 Å². The van der Waals surface area contributed by atoms with Crippen LogP contribution in [0.15, 0.2) is 29.1 Å². The molecule has 128 valence electrons. The molecule has 1 N–H and O–H groups in total. The van der Waals surface area contributed by atoms with E-state index < -0.39 is 0 Å². The van der Waals surface area contributed by atoms with E-state index in [-0.39, 0.29) is 11.5 Å². The molecule has 0 bridgehead atoms. The molecule has 6 heteroatoms. The van der Waals surface area contributed by atoms with Crippen molar-refractivity contribution in [1.82, 2.24) is 14.8 Å². The van der Waals surface area contributed by atoms with E-state index in [4.69, 9.17) is 4.74 Å². The number of nitrogens with zero attached hydrogens (tertiary/aromatic N) is 2. The Kier molecular flexibility index (Phi) is 4.85. The number of aromatic nitrogens is 1. The Hall–Kier alpha value is -2.34. The minimum atomic E-state index is -0.0558. The minimum absolute atomic E-state index is 0.0558. The average Bonchev–Trinajstić information content (AvgIpc) is 2.62.